The zero-order valence-electron chi connectivity index (χ0n) is 19.1. The number of ether oxygens (including phenoxy) is 2. The minimum atomic E-state index is -4.52. The van der Waals surface area contributed by atoms with Gasteiger partial charge in [0.1, 0.15) is 11.8 Å². The lowest BCUT2D eigenvalue weighted by Crippen LogP contribution is -2.34. The maximum absolute atomic E-state index is 12.6. The summed E-state index contributed by atoms with van der Waals surface area (Å²) in [5.74, 6) is 0.434. The van der Waals surface area contributed by atoms with Gasteiger partial charge in [-0.1, -0.05) is 6.07 Å². The Bertz CT molecular complexity index is 1010. The third kappa shape index (κ3) is 7.17. The third-order valence-electron chi connectivity index (χ3n) is 6.32. The molecule has 2 aromatic heterocycles. The Morgan fingerprint density at radius 1 is 1.17 bits per heavy atom. The van der Waals surface area contributed by atoms with Gasteiger partial charge in [-0.3, -0.25) is 14.9 Å². The van der Waals surface area contributed by atoms with E-state index < -0.39 is 23.9 Å². The minimum absolute atomic E-state index is 0.112. The quantitative estimate of drug-likeness (QED) is 0.538. The van der Waals surface area contributed by atoms with Crippen molar-refractivity contribution in [1.29, 1.82) is 0 Å². The van der Waals surface area contributed by atoms with Gasteiger partial charge in [-0.25, -0.2) is 4.79 Å². The van der Waals surface area contributed by atoms with Crippen LogP contribution in [-0.4, -0.2) is 53.0 Å². The van der Waals surface area contributed by atoms with Crippen molar-refractivity contribution in [2.24, 2.45) is 5.92 Å². The topological polar surface area (TPSA) is 118 Å². The Balaban J connectivity index is 1.20. The number of alkyl carbamates (subject to hydrolysis) is 1. The summed E-state index contributed by atoms with van der Waals surface area (Å²) in [7, 11) is 0. The highest BCUT2D eigenvalue weighted by atomic mass is 19.4. The Morgan fingerprint density at radius 3 is 2.69 bits per heavy atom. The van der Waals surface area contributed by atoms with Crippen LogP contribution in [0.1, 0.15) is 55.0 Å². The zero-order valence-corrected chi connectivity index (χ0v) is 19.1. The molecule has 35 heavy (non-hydrogen) atoms. The maximum Gasteiger partial charge on any atom is 0.433 e. The molecule has 3 N–H and O–H groups in total. The SMILES string of the molecule is O=C(Cc1ccc(C(F)(F)F)nc1)Nc1cc([C@@H]2CC[C@H](OC(=O)NCC3CCOCC3)C2)[nH]n1. The molecule has 0 radical (unpaired) electrons. The lowest BCUT2D eigenvalue weighted by molar-refractivity contribution is -0.141. The van der Waals surface area contributed by atoms with E-state index in [1.807, 2.05) is 0 Å². The van der Waals surface area contributed by atoms with Gasteiger partial charge in [0, 0.05) is 43.6 Å². The molecule has 0 bridgehead atoms. The molecule has 2 atom stereocenters. The van der Waals surface area contributed by atoms with Crippen LogP contribution in [0.3, 0.4) is 0 Å². The van der Waals surface area contributed by atoms with E-state index >= 15 is 0 Å². The van der Waals surface area contributed by atoms with E-state index in [1.54, 1.807) is 6.07 Å². The molecule has 3 heterocycles. The molecule has 2 amide bonds. The number of carbonyl (C=O) groups is 2. The molecular weight excluding hydrogens is 467 g/mol. The average Bonchev–Trinajstić information content (AvgIpc) is 3.48. The number of carbonyl (C=O) groups excluding carboxylic acids is 2. The fourth-order valence-electron chi connectivity index (χ4n) is 4.38. The van der Waals surface area contributed by atoms with Crippen molar-refractivity contribution >= 4 is 17.8 Å². The molecule has 2 fully saturated rings. The smallest absolute Gasteiger partial charge is 0.433 e. The third-order valence-corrected chi connectivity index (χ3v) is 6.32. The van der Waals surface area contributed by atoms with Crippen LogP contribution in [0.2, 0.25) is 0 Å². The number of hydrogen-bond acceptors (Lipinski definition) is 6. The summed E-state index contributed by atoms with van der Waals surface area (Å²) in [6.07, 6.45) is -0.144. The summed E-state index contributed by atoms with van der Waals surface area (Å²) in [5.41, 5.74) is 0.177. The van der Waals surface area contributed by atoms with Crippen LogP contribution in [0.15, 0.2) is 24.4 Å². The molecule has 0 aromatic carbocycles. The molecule has 1 aliphatic carbocycles. The summed E-state index contributed by atoms with van der Waals surface area (Å²) in [5, 5.41) is 12.5. The van der Waals surface area contributed by atoms with E-state index in [0.717, 1.165) is 56.9 Å². The van der Waals surface area contributed by atoms with Gasteiger partial charge < -0.3 is 20.1 Å². The van der Waals surface area contributed by atoms with Crippen molar-refractivity contribution in [1.82, 2.24) is 20.5 Å². The molecule has 2 aliphatic rings. The Kier molecular flexibility index (Phi) is 7.89. The number of pyridine rings is 1. The molecule has 0 unspecified atom stereocenters. The van der Waals surface area contributed by atoms with Crippen LogP contribution in [-0.2, 0) is 26.9 Å². The molecule has 1 saturated heterocycles. The van der Waals surface area contributed by atoms with E-state index in [2.05, 4.69) is 25.8 Å². The second kappa shape index (κ2) is 11.1. The van der Waals surface area contributed by atoms with Crippen molar-refractivity contribution in [2.75, 3.05) is 25.1 Å². The first kappa shape index (κ1) is 25.0. The number of halogens is 3. The number of nitrogens with zero attached hydrogens (tertiary/aromatic N) is 2. The predicted molar refractivity (Wildman–Crippen MR) is 119 cm³/mol. The van der Waals surface area contributed by atoms with Crippen LogP contribution in [0.4, 0.5) is 23.8 Å². The largest absolute Gasteiger partial charge is 0.446 e. The fraction of sp³-hybridized carbons (Fsp3) is 0.565. The predicted octanol–water partition coefficient (Wildman–Crippen LogP) is 3.79. The highest BCUT2D eigenvalue weighted by Gasteiger charge is 2.32. The van der Waals surface area contributed by atoms with Crippen molar-refractivity contribution in [3.63, 3.8) is 0 Å². The second-order valence-electron chi connectivity index (χ2n) is 8.96. The van der Waals surface area contributed by atoms with Crippen molar-refractivity contribution < 1.29 is 32.2 Å². The summed E-state index contributed by atoms with van der Waals surface area (Å²) in [6.45, 7) is 2.04. The number of aromatic nitrogens is 3. The molecule has 12 heteroatoms. The lowest BCUT2D eigenvalue weighted by Gasteiger charge is -2.22. The normalized spacial score (nSPS) is 21.0. The number of amides is 2. The van der Waals surface area contributed by atoms with Crippen molar-refractivity contribution in [2.45, 2.75) is 56.7 Å². The van der Waals surface area contributed by atoms with E-state index in [9.17, 15) is 22.8 Å². The minimum Gasteiger partial charge on any atom is -0.446 e. The molecular formula is C23H28F3N5O4. The number of hydrogen-bond donors (Lipinski definition) is 3. The summed E-state index contributed by atoms with van der Waals surface area (Å²) in [4.78, 5) is 27.7. The summed E-state index contributed by atoms with van der Waals surface area (Å²) >= 11 is 0. The van der Waals surface area contributed by atoms with Gasteiger partial charge >= 0.3 is 12.3 Å². The van der Waals surface area contributed by atoms with Crippen molar-refractivity contribution in [3.8, 4) is 0 Å². The first-order chi connectivity index (χ1) is 16.8. The lowest BCUT2D eigenvalue weighted by atomic mass is 10.0. The van der Waals surface area contributed by atoms with Crippen LogP contribution in [0.5, 0.6) is 0 Å². The van der Waals surface area contributed by atoms with E-state index in [0.29, 0.717) is 30.3 Å². The monoisotopic (exact) mass is 495 g/mol. The molecule has 190 valence electrons. The van der Waals surface area contributed by atoms with Gasteiger partial charge in [0.05, 0.1) is 6.42 Å². The zero-order chi connectivity index (χ0) is 24.8. The van der Waals surface area contributed by atoms with Gasteiger partial charge in [0.2, 0.25) is 5.91 Å². The first-order valence-corrected chi connectivity index (χ1v) is 11.7. The van der Waals surface area contributed by atoms with Crippen molar-refractivity contribution in [3.05, 3.63) is 41.3 Å². The number of aromatic amines is 1. The average molecular weight is 496 g/mol. The van der Waals surface area contributed by atoms with Gasteiger partial charge in [0.25, 0.3) is 0 Å². The van der Waals surface area contributed by atoms with E-state index in [4.69, 9.17) is 9.47 Å². The van der Waals surface area contributed by atoms with Gasteiger partial charge in [-0.15, -0.1) is 0 Å². The van der Waals surface area contributed by atoms with Gasteiger partial charge in [0.15, 0.2) is 5.82 Å². The second-order valence-corrected chi connectivity index (χ2v) is 8.96. The van der Waals surface area contributed by atoms with Gasteiger partial charge in [-0.2, -0.15) is 18.3 Å². The maximum atomic E-state index is 12.6. The standard InChI is InChI=1S/C23H28F3N5O4/c24-23(25,26)19-4-1-15(13-27-19)9-21(32)29-20-11-18(30-31-20)16-2-3-17(10-16)35-22(33)28-12-14-5-7-34-8-6-14/h1,4,11,13-14,16-17H,2-3,5-10,12H2,(H,28,33)(H2,29,30,31,32)/t16-,17+/m1/s1. The van der Waals surface area contributed by atoms with Crippen LogP contribution < -0.4 is 10.6 Å². The molecule has 1 saturated carbocycles. The molecule has 2 aromatic rings. The van der Waals surface area contributed by atoms with Crippen LogP contribution in [0, 0.1) is 5.92 Å². The summed E-state index contributed by atoms with van der Waals surface area (Å²) < 4.78 is 48.7. The van der Waals surface area contributed by atoms with Gasteiger partial charge in [-0.05, 0) is 49.7 Å². The number of anilines is 1. The van der Waals surface area contributed by atoms with Crippen LogP contribution in [0.25, 0.3) is 0 Å². The highest BCUT2D eigenvalue weighted by molar-refractivity contribution is 5.91. The molecule has 4 rings (SSSR count). The Labute approximate surface area is 200 Å². The highest BCUT2D eigenvalue weighted by Crippen LogP contribution is 2.36. The summed E-state index contributed by atoms with van der Waals surface area (Å²) in [6, 6.07) is 3.80. The number of H-pyrrole nitrogens is 1. The number of rotatable bonds is 7. The first-order valence-electron chi connectivity index (χ1n) is 11.7. The Morgan fingerprint density at radius 2 is 1.97 bits per heavy atom. The number of nitrogens with one attached hydrogen (secondary N) is 3. The van der Waals surface area contributed by atoms with Crippen LogP contribution >= 0.6 is 0 Å². The van der Waals surface area contributed by atoms with E-state index in [-0.39, 0.29) is 18.4 Å². The molecule has 0 spiro atoms. The fourth-order valence-corrected chi connectivity index (χ4v) is 4.38. The number of alkyl halides is 3. The Hall–Kier alpha value is -3.15. The van der Waals surface area contributed by atoms with E-state index in [1.165, 1.54) is 6.07 Å². The molecule has 1 aliphatic heterocycles. The molecule has 9 nitrogen and oxygen atoms in total.